The molecule has 0 spiro atoms. The number of carbonyl (C=O) groups is 1. The van der Waals surface area contributed by atoms with E-state index in [1.165, 1.54) is 5.56 Å². The van der Waals surface area contributed by atoms with Crippen LogP contribution in [0.5, 0.6) is 5.75 Å². The van der Waals surface area contributed by atoms with E-state index in [0.29, 0.717) is 18.8 Å². The Hall–Kier alpha value is -3.12. The molecule has 1 unspecified atom stereocenters. The fourth-order valence-corrected chi connectivity index (χ4v) is 4.08. The van der Waals surface area contributed by atoms with Crippen LogP contribution in [0.3, 0.4) is 0 Å². The van der Waals surface area contributed by atoms with Gasteiger partial charge in [0.2, 0.25) is 0 Å². The van der Waals surface area contributed by atoms with Crippen molar-refractivity contribution in [2.24, 2.45) is 0 Å². The van der Waals surface area contributed by atoms with E-state index in [9.17, 15) is 4.79 Å². The number of methoxy groups -OCH3 is 2. The fourth-order valence-electron chi connectivity index (χ4n) is 4.08. The summed E-state index contributed by atoms with van der Waals surface area (Å²) in [5.41, 5.74) is 5.56. The number of benzene rings is 2. The van der Waals surface area contributed by atoms with Crippen molar-refractivity contribution in [3.05, 3.63) is 70.9 Å². The van der Waals surface area contributed by atoms with Crippen molar-refractivity contribution >= 4 is 5.91 Å². The van der Waals surface area contributed by atoms with Crippen molar-refractivity contribution in [2.45, 2.75) is 25.8 Å². The normalized spacial score (nSPS) is 15.5. The lowest BCUT2D eigenvalue weighted by atomic mass is 9.95. The summed E-state index contributed by atoms with van der Waals surface area (Å²) >= 11 is 0. The molecular formula is C24H27N3O3. The van der Waals surface area contributed by atoms with E-state index < -0.39 is 0 Å². The van der Waals surface area contributed by atoms with Gasteiger partial charge in [-0.2, -0.15) is 5.10 Å². The number of ether oxygens (including phenoxy) is 2. The molecule has 6 nitrogen and oxygen atoms in total. The molecule has 0 aliphatic carbocycles. The molecule has 0 fully saturated rings. The van der Waals surface area contributed by atoms with E-state index in [1.54, 1.807) is 14.2 Å². The first-order valence-electron chi connectivity index (χ1n) is 10.3. The number of nitrogens with one attached hydrogen (secondary N) is 1. The maximum absolute atomic E-state index is 13.3. The Morgan fingerprint density at radius 3 is 2.63 bits per heavy atom. The molecule has 1 aliphatic heterocycles. The third kappa shape index (κ3) is 3.59. The number of aromatic amines is 1. The summed E-state index contributed by atoms with van der Waals surface area (Å²) in [5.74, 6) is 0.738. The van der Waals surface area contributed by atoms with Crippen molar-refractivity contribution in [2.75, 3.05) is 27.4 Å². The van der Waals surface area contributed by atoms with Gasteiger partial charge < -0.3 is 14.4 Å². The van der Waals surface area contributed by atoms with Crippen LogP contribution < -0.4 is 4.74 Å². The van der Waals surface area contributed by atoms with Crippen LogP contribution in [0.25, 0.3) is 11.3 Å². The molecule has 2 aromatic carbocycles. The van der Waals surface area contributed by atoms with E-state index in [1.807, 2.05) is 29.2 Å². The second-order valence-corrected chi connectivity index (χ2v) is 7.44. The quantitative estimate of drug-likeness (QED) is 0.570. The molecule has 4 rings (SSSR count). The van der Waals surface area contributed by atoms with Crippen LogP contribution in [0.15, 0.2) is 48.5 Å². The molecule has 0 saturated heterocycles. The number of aromatic nitrogens is 2. The number of amides is 1. The molecule has 1 aliphatic rings. The van der Waals surface area contributed by atoms with Crippen LogP contribution in [0.4, 0.5) is 0 Å². The van der Waals surface area contributed by atoms with Gasteiger partial charge in [0.05, 0.1) is 18.8 Å². The van der Waals surface area contributed by atoms with Gasteiger partial charge >= 0.3 is 0 Å². The second kappa shape index (κ2) is 8.71. The zero-order valence-corrected chi connectivity index (χ0v) is 17.6. The number of H-pyrrole nitrogens is 1. The number of hydrogen-bond acceptors (Lipinski definition) is 4. The zero-order valence-electron chi connectivity index (χ0n) is 17.6. The van der Waals surface area contributed by atoms with Gasteiger partial charge in [-0.15, -0.1) is 0 Å². The topological polar surface area (TPSA) is 67.5 Å². The number of carbonyl (C=O) groups excluding carboxylic acids is 1. The summed E-state index contributed by atoms with van der Waals surface area (Å²) in [6.45, 7) is 3.37. The Bertz CT molecular complexity index is 1030. The molecule has 0 radical (unpaired) electrons. The predicted octanol–water partition coefficient (Wildman–Crippen LogP) is 4.23. The van der Waals surface area contributed by atoms with Crippen molar-refractivity contribution in [3.63, 3.8) is 0 Å². The third-order valence-corrected chi connectivity index (χ3v) is 5.66. The summed E-state index contributed by atoms with van der Waals surface area (Å²) < 4.78 is 10.6. The fraction of sp³-hybridized carbons (Fsp3) is 0.333. The lowest BCUT2D eigenvalue weighted by Gasteiger charge is -2.26. The Morgan fingerprint density at radius 2 is 1.93 bits per heavy atom. The molecule has 1 amide bonds. The number of nitrogens with zero attached hydrogens (tertiary/aromatic N) is 2. The Kier molecular flexibility index (Phi) is 5.86. The first kappa shape index (κ1) is 20.2. The van der Waals surface area contributed by atoms with Gasteiger partial charge in [0.25, 0.3) is 5.91 Å². The summed E-state index contributed by atoms with van der Waals surface area (Å²) in [7, 11) is 3.33. The Labute approximate surface area is 176 Å². The molecular weight excluding hydrogens is 378 g/mol. The van der Waals surface area contributed by atoms with E-state index >= 15 is 0 Å². The van der Waals surface area contributed by atoms with Crippen molar-refractivity contribution in [1.29, 1.82) is 0 Å². The highest BCUT2D eigenvalue weighted by Crippen LogP contribution is 2.43. The van der Waals surface area contributed by atoms with E-state index in [0.717, 1.165) is 41.0 Å². The molecule has 1 aromatic heterocycles. The summed E-state index contributed by atoms with van der Waals surface area (Å²) in [6.07, 6.45) is 1.76. The molecule has 156 valence electrons. The highest BCUT2D eigenvalue weighted by Gasteiger charge is 2.41. The molecule has 2 heterocycles. The van der Waals surface area contributed by atoms with E-state index in [2.05, 4.69) is 41.4 Å². The van der Waals surface area contributed by atoms with Crippen LogP contribution in [0.2, 0.25) is 0 Å². The van der Waals surface area contributed by atoms with Gasteiger partial charge in [0, 0.05) is 31.4 Å². The molecule has 1 atom stereocenters. The molecule has 0 saturated carbocycles. The summed E-state index contributed by atoms with van der Waals surface area (Å²) in [5, 5.41) is 7.52. The highest BCUT2D eigenvalue weighted by molar-refractivity contribution is 6.00. The lowest BCUT2D eigenvalue weighted by Crippen LogP contribution is -2.31. The minimum absolute atomic E-state index is 0.0210. The standard InChI is InChI=1S/C24H27N3O3/c1-4-16-9-11-17(12-10-16)23-20-21(18-7-5-8-19(15-18)30-3)25-26-22(20)24(28)27(23)13-6-14-29-2/h5,7-12,15,23H,4,6,13-14H2,1-3H3,(H,25,26). The third-order valence-electron chi connectivity index (χ3n) is 5.66. The van der Waals surface area contributed by atoms with Crippen LogP contribution in [0, 0.1) is 0 Å². The Balaban J connectivity index is 1.80. The lowest BCUT2D eigenvalue weighted by molar-refractivity contribution is 0.0723. The van der Waals surface area contributed by atoms with Crippen molar-refractivity contribution < 1.29 is 14.3 Å². The van der Waals surface area contributed by atoms with Crippen molar-refractivity contribution in [1.82, 2.24) is 15.1 Å². The molecule has 3 aromatic rings. The van der Waals surface area contributed by atoms with Gasteiger partial charge in [-0.3, -0.25) is 9.89 Å². The van der Waals surface area contributed by atoms with Gasteiger partial charge in [-0.1, -0.05) is 43.3 Å². The smallest absolute Gasteiger partial charge is 0.273 e. The molecule has 0 bridgehead atoms. The number of rotatable bonds is 8. The van der Waals surface area contributed by atoms with Crippen LogP contribution in [0.1, 0.15) is 46.6 Å². The highest BCUT2D eigenvalue weighted by atomic mass is 16.5. The predicted molar refractivity (Wildman–Crippen MR) is 116 cm³/mol. The van der Waals surface area contributed by atoms with Gasteiger partial charge in [0.15, 0.2) is 0 Å². The van der Waals surface area contributed by atoms with Gasteiger partial charge in [-0.25, -0.2) is 0 Å². The number of aryl methyl sites for hydroxylation is 1. The maximum Gasteiger partial charge on any atom is 0.273 e. The molecule has 1 N–H and O–H groups in total. The molecule has 6 heteroatoms. The second-order valence-electron chi connectivity index (χ2n) is 7.44. The minimum atomic E-state index is -0.185. The summed E-state index contributed by atoms with van der Waals surface area (Å²) in [4.78, 5) is 15.2. The average molecular weight is 405 g/mol. The number of fused-ring (bicyclic) bond motifs is 1. The minimum Gasteiger partial charge on any atom is -0.497 e. The van der Waals surface area contributed by atoms with Gasteiger partial charge in [0.1, 0.15) is 11.4 Å². The van der Waals surface area contributed by atoms with Crippen LogP contribution >= 0.6 is 0 Å². The number of hydrogen-bond donors (Lipinski definition) is 1. The van der Waals surface area contributed by atoms with E-state index in [-0.39, 0.29) is 11.9 Å². The van der Waals surface area contributed by atoms with Crippen LogP contribution in [-0.2, 0) is 11.2 Å². The van der Waals surface area contributed by atoms with Gasteiger partial charge in [-0.05, 0) is 36.1 Å². The zero-order chi connectivity index (χ0) is 21.1. The average Bonchev–Trinajstić information content (AvgIpc) is 3.33. The van der Waals surface area contributed by atoms with Crippen molar-refractivity contribution in [3.8, 4) is 17.0 Å². The first-order valence-corrected chi connectivity index (χ1v) is 10.3. The van der Waals surface area contributed by atoms with E-state index in [4.69, 9.17) is 9.47 Å². The maximum atomic E-state index is 13.3. The first-order chi connectivity index (χ1) is 14.7. The Morgan fingerprint density at radius 1 is 1.13 bits per heavy atom. The largest absolute Gasteiger partial charge is 0.497 e. The summed E-state index contributed by atoms with van der Waals surface area (Å²) in [6, 6.07) is 16.1. The van der Waals surface area contributed by atoms with Crippen LogP contribution in [-0.4, -0.2) is 48.4 Å². The monoisotopic (exact) mass is 405 g/mol. The SMILES string of the molecule is CCc1ccc(C2c3c(-c4cccc(OC)c4)n[nH]c3C(=O)N2CCCOC)cc1. The molecule has 30 heavy (non-hydrogen) atoms.